The normalized spacial score (nSPS) is 13.8. The van der Waals surface area contributed by atoms with Gasteiger partial charge in [0.1, 0.15) is 5.82 Å². The average molecular weight is 366 g/mol. The molecule has 3 amide bonds. The summed E-state index contributed by atoms with van der Waals surface area (Å²) in [7, 11) is 3.81. The maximum Gasteiger partial charge on any atom is 0.251 e. The summed E-state index contributed by atoms with van der Waals surface area (Å²) >= 11 is 0. The van der Waals surface area contributed by atoms with Crippen LogP contribution >= 0.6 is 0 Å². The molecular weight excluding hydrogens is 344 g/mol. The van der Waals surface area contributed by atoms with Crippen molar-refractivity contribution in [1.82, 2.24) is 15.2 Å². The second kappa shape index (κ2) is 7.99. The number of rotatable bonds is 6. The number of carbonyl (C=O) groups is 3. The Hall–Kier alpha value is -3.22. The molecule has 0 saturated carbocycles. The zero-order valence-corrected chi connectivity index (χ0v) is 15.4. The molecule has 1 aliphatic heterocycles. The van der Waals surface area contributed by atoms with Gasteiger partial charge in [0.05, 0.1) is 6.54 Å². The number of hydrogen-bond acceptors (Lipinski definition) is 5. The lowest BCUT2D eigenvalue weighted by Gasteiger charge is -2.16. The van der Waals surface area contributed by atoms with E-state index in [0.717, 1.165) is 16.9 Å². The third-order valence-corrected chi connectivity index (χ3v) is 4.44. The second-order valence-electron chi connectivity index (χ2n) is 6.63. The molecule has 1 saturated heterocycles. The van der Waals surface area contributed by atoms with Gasteiger partial charge in [0.15, 0.2) is 0 Å². The van der Waals surface area contributed by atoms with Crippen molar-refractivity contribution < 1.29 is 14.4 Å². The van der Waals surface area contributed by atoms with E-state index in [1.165, 1.54) is 4.90 Å². The van der Waals surface area contributed by atoms with Gasteiger partial charge in [0.2, 0.25) is 11.8 Å². The third-order valence-electron chi connectivity index (χ3n) is 4.44. The first-order valence-corrected chi connectivity index (χ1v) is 8.77. The highest BCUT2D eigenvalue weighted by Crippen LogP contribution is 2.17. The number of hydrogen-bond donors (Lipinski definition) is 1. The first-order valence-electron chi connectivity index (χ1n) is 8.77. The first-order chi connectivity index (χ1) is 13.0. The summed E-state index contributed by atoms with van der Waals surface area (Å²) in [6.45, 7) is 0.625. The van der Waals surface area contributed by atoms with Crippen LogP contribution in [-0.2, 0) is 22.7 Å². The molecule has 2 heterocycles. The van der Waals surface area contributed by atoms with Crippen molar-refractivity contribution in [2.24, 2.45) is 0 Å². The van der Waals surface area contributed by atoms with Crippen LogP contribution in [0.15, 0.2) is 42.6 Å². The fourth-order valence-electron chi connectivity index (χ4n) is 2.99. The van der Waals surface area contributed by atoms with Crippen LogP contribution < -0.4 is 10.2 Å². The van der Waals surface area contributed by atoms with Crippen molar-refractivity contribution in [1.29, 1.82) is 0 Å². The molecule has 1 aliphatic rings. The number of imide groups is 1. The van der Waals surface area contributed by atoms with E-state index >= 15 is 0 Å². The zero-order chi connectivity index (χ0) is 19.4. The fraction of sp³-hybridized carbons (Fsp3) is 0.300. The zero-order valence-electron chi connectivity index (χ0n) is 15.4. The smallest absolute Gasteiger partial charge is 0.251 e. The lowest BCUT2D eigenvalue weighted by atomic mass is 10.1. The van der Waals surface area contributed by atoms with Crippen LogP contribution in [0, 0.1) is 0 Å². The number of aromatic nitrogens is 1. The minimum atomic E-state index is -0.191. The quantitative estimate of drug-likeness (QED) is 0.788. The van der Waals surface area contributed by atoms with Crippen molar-refractivity contribution in [3.63, 3.8) is 0 Å². The van der Waals surface area contributed by atoms with Crippen LogP contribution in [0.4, 0.5) is 5.82 Å². The molecule has 0 atom stereocenters. The van der Waals surface area contributed by atoms with Gasteiger partial charge in [0, 0.05) is 50.8 Å². The summed E-state index contributed by atoms with van der Waals surface area (Å²) in [6.07, 6.45) is 2.28. The second-order valence-corrected chi connectivity index (χ2v) is 6.63. The number of carbonyl (C=O) groups excluding carboxylic acids is 3. The molecule has 0 bridgehead atoms. The predicted molar refractivity (Wildman–Crippen MR) is 101 cm³/mol. The molecule has 2 aromatic rings. The molecule has 0 radical (unpaired) electrons. The highest BCUT2D eigenvalue weighted by Gasteiger charge is 2.28. The summed E-state index contributed by atoms with van der Waals surface area (Å²) in [5, 5.41) is 2.89. The number of benzene rings is 1. The molecule has 0 spiro atoms. The van der Waals surface area contributed by atoms with Gasteiger partial charge in [-0.1, -0.05) is 18.2 Å². The van der Waals surface area contributed by atoms with Gasteiger partial charge < -0.3 is 10.2 Å². The van der Waals surface area contributed by atoms with Gasteiger partial charge in [-0.15, -0.1) is 0 Å². The van der Waals surface area contributed by atoms with E-state index in [9.17, 15) is 14.4 Å². The maximum absolute atomic E-state index is 12.4. The van der Waals surface area contributed by atoms with Crippen molar-refractivity contribution in [3.8, 4) is 0 Å². The Balaban J connectivity index is 1.61. The van der Waals surface area contributed by atoms with E-state index in [-0.39, 0.29) is 37.1 Å². The van der Waals surface area contributed by atoms with Crippen molar-refractivity contribution in [2.45, 2.75) is 25.9 Å². The molecule has 140 valence electrons. The Morgan fingerprint density at radius 2 is 1.78 bits per heavy atom. The molecule has 1 aromatic heterocycles. The molecule has 0 unspecified atom stereocenters. The summed E-state index contributed by atoms with van der Waals surface area (Å²) < 4.78 is 0. The van der Waals surface area contributed by atoms with E-state index in [1.54, 1.807) is 30.5 Å². The maximum atomic E-state index is 12.4. The Morgan fingerprint density at radius 3 is 2.41 bits per heavy atom. The van der Waals surface area contributed by atoms with Gasteiger partial charge in [-0.05, 0) is 23.8 Å². The highest BCUT2D eigenvalue weighted by molar-refractivity contribution is 6.01. The number of pyridine rings is 1. The summed E-state index contributed by atoms with van der Waals surface area (Å²) in [5.41, 5.74) is 2.27. The summed E-state index contributed by atoms with van der Waals surface area (Å²) in [6, 6.07) is 10.7. The van der Waals surface area contributed by atoms with E-state index in [0.29, 0.717) is 12.1 Å². The molecule has 1 fully saturated rings. The SMILES string of the molecule is CN(C)c1ncccc1CNC(=O)c1ccc(CN2C(=O)CCC2=O)cc1. The van der Waals surface area contributed by atoms with Crippen molar-refractivity contribution >= 4 is 23.5 Å². The van der Waals surface area contributed by atoms with Crippen LogP contribution in [0.2, 0.25) is 0 Å². The molecule has 0 aliphatic carbocycles. The van der Waals surface area contributed by atoms with E-state index < -0.39 is 0 Å². The van der Waals surface area contributed by atoms with Gasteiger partial charge >= 0.3 is 0 Å². The largest absolute Gasteiger partial charge is 0.362 e. The minimum absolute atomic E-state index is 0.144. The Labute approximate surface area is 158 Å². The van der Waals surface area contributed by atoms with Crippen molar-refractivity contribution in [3.05, 3.63) is 59.3 Å². The van der Waals surface area contributed by atoms with Crippen LogP contribution in [0.25, 0.3) is 0 Å². The molecule has 7 heteroatoms. The summed E-state index contributed by atoms with van der Waals surface area (Å²) in [5.74, 6) is 0.335. The van der Waals surface area contributed by atoms with Crippen LogP contribution in [0.5, 0.6) is 0 Å². The van der Waals surface area contributed by atoms with E-state index in [1.807, 2.05) is 31.1 Å². The first kappa shape index (κ1) is 18.6. The minimum Gasteiger partial charge on any atom is -0.362 e. The number of amides is 3. The number of likely N-dealkylation sites (tertiary alicyclic amines) is 1. The molecule has 3 rings (SSSR count). The Bertz CT molecular complexity index is 846. The fourth-order valence-corrected chi connectivity index (χ4v) is 2.99. The van der Waals surface area contributed by atoms with E-state index in [2.05, 4.69) is 10.3 Å². The molecule has 7 nitrogen and oxygen atoms in total. The Morgan fingerprint density at radius 1 is 1.11 bits per heavy atom. The summed E-state index contributed by atoms with van der Waals surface area (Å²) in [4.78, 5) is 43.3. The van der Waals surface area contributed by atoms with Gasteiger partial charge in [-0.25, -0.2) is 4.98 Å². The molecule has 1 aromatic carbocycles. The number of nitrogens with zero attached hydrogens (tertiary/aromatic N) is 3. The predicted octanol–water partition coefficient (Wildman–Crippen LogP) is 1.73. The third kappa shape index (κ3) is 4.31. The lowest BCUT2D eigenvalue weighted by Crippen LogP contribution is -2.28. The van der Waals surface area contributed by atoms with Gasteiger partial charge in [0.25, 0.3) is 5.91 Å². The Kier molecular flexibility index (Phi) is 5.49. The topological polar surface area (TPSA) is 82.6 Å². The lowest BCUT2D eigenvalue weighted by molar-refractivity contribution is -0.139. The molecule has 27 heavy (non-hydrogen) atoms. The van der Waals surface area contributed by atoms with Crippen LogP contribution in [0.3, 0.4) is 0 Å². The standard InChI is InChI=1S/C20H22N4O3/c1-23(2)19-16(4-3-11-21-19)12-22-20(27)15-7-5-14(6-8-15)13-24-17(25)9-10-18(24)26/h3-8,11H,9-10,12-13H2,1-2H3,(H,22,27). The van der Waals surface area contributed by atoms with E-state index in [4.69, 9.17) is 0 Å². The van der Waals surface area contributed by atoms with Gasteiger partial charge in [-0.2, -0.15) is 0 Å². The number of nitrogens with one attached hydrogen (secondary N) is 1. The monoisotopic (exact) mass is 366 g/mol. The van der Waals surface area contributed by atoms with Gasteiger partial charge in [-0.3, -0.25) is 19.3 Å². The van der Waals surface area contributed by atoms with Crippen LogP contribution in [-0.4, -0.2) is 41.7 Å². The van der Waals surface area contributed by atoms with Crippen LogP contribution in [0.1, 0.15) is 34.3 Å². The highest BCUT2D eigenvalue weighted by atomic mass is 16.2. The number of anilines is 1. The average Bonchev–Trinajstić information content (AvgIpc) is 2.99. The molecular formula is C20H22N4O3. The van der Waals surface area contributed by atoms with Crippen molar-refractivity contribution in [2.75, 3.05) is 19.0 Å². The molecule has 1 N–H and O–H groups in total.